The summed E-state index contributed by atoms with van der Waals surface area (Å²) < 4.78 is 0. The van der Waals surface area contributed by atoms with Crippen molar-refractivity contribution in [2.24, 2.45) is 23.7 Å². The lowest BCUT2D eigenvalue weighted by Gasteiger charge is -2.32. The van der Waals surface area contributed by atoms with Crippen molar-refractivity contribution < 1.29 is 19.8 Å². The van der Waals surface area contributed by atoms with Crippen molar-refractivity contribution in [3.05, 3.63) is 12.2 Å². The average Bonchev–Trinajstić information content (AvgIpc) is 2.58. The van der Waals surface area contributed by atoms with E-state index in [1.165, 1.54) is 12.8 Å². The number of unbranched alkanes of at least 4 members (excludes halogenated alkanes) is 6. The molecule has 0 amide bonds. The zero-order chi connectivity index (χ0) is 18.7. The minimum Gasteiger partial charge on any atom is -0.481 e. The molecule has 0 aromatic carbocycles. The maximum Gasteiger partial charge on any atom is 0.307 e. The third-order valence-corrected chi connectivity index (χ3v) is 5.56. The van der Waals surface area contributed by atoms with Gasteiger partial charge in [0.25, 0.3) is 0 Å². The highest BCUT2D eigenvalue weighted by molar-refractivity contribution is 5.73. The number of carboxylic acid groups (broad SMARTS) is 2. The fraction of sp³-hybridized carbons (Fsp3) is 0.810. The molecule has 0 saturated heterocycles. The molecular formula is C21H36O4. The second-order valence-electron chi connectivity index (χ2n) is 7.54. The van der Waals surface area contributed by atoms with Gasteiger partial charge in [0.1, 0.15) is 0 Å². The molecule has 4 atom stereocenters. The van der Waals surface area contributed by atoms with E-state index in [9.17, 15) is 19.8 Å². The van der Waals surface area contributed by atoms with Crippen LogP contribution >= 0.6 is 0 Å². The Morgan fingerprint density at radius 3 is 2.16 bits per heavy atom. The van der Waals surface area contributed by atoms with Gasteiger partial charge in [-0.25, -0.2) is 0 Å². The molecule has 0 heterocycles. The molecule has 0 saturated carbocycles. The average molecular weight is 353 g/mol. The fourth-order valence-corrected chi connectivity index (χ4v) is 3.96. The number of aliphatic carboxylic acids is 2. The van der Waals surface area contributed by atoms with Crippen molar-refractivity contribution in [3.63, 3.8) is 0 Å². The second kappa shape index (κ2) is 12.1. The zero-order valence-corrected chi connectivity index (χ0v) is 16.0. The smallest absolute Gasteiger partial charge is 0.307 e. The Morgan fingerprint density at radius 1 is 0.960 bits per heavy atom. The molecule has 1 rings (SSSR count). The van der Waals surface area contributed by atoms with E-state index in [4.69, 9.17) is 0 Å². The standard InChI is InChI=1S/C21H36O4/c1-3-5-7-9-11-16-13-14-17(15-19(16)21(24)25)18(20(22)23)12-10-8-6-4-2/h13-14,16-19H,3-12,15H2,1-2H3,(H,22,23)(H,24,25). The molecule has 0 spiro atoms. The van der Waals surface area contributed by atoms with Crippen LogP contribution < -0.4 is 0 Å². The molecule has 2 N–H and O–H groups in total. The quantitative estimate of drug-likeness (QED) is 0.338. The minimum atomic E-state index is -0.781. The van der Waals surface area contributed by atoms with Crippen LogP contribution in [-0.2, 0) is 9.59 Å². The summed E-state index contributed by atoms with van der Waals surface area (Å²) in [4.78, 5) is 23.4. The van der Waals surface area contributed by atoms with Crippen LogP contribution in [-0.4, -0.2) is 22.2 Å². The summed E-state index contributed by atoms with van der Waals surface area (Å²) >= 11 is 0. The first kappa shape index (κ1) is 21.7. The highest BCUT2D eigenvalue weighted by atomic mass is 16.4. The number of allylic oxidation sites excluding steroid dienone is 2. The van der Waals surface area contributed by atoms with Crippen LogP contribution in [0.4, 0.5) is 0 Å². The van der Waals surface area contributed by atoms with Crippen molar-refractivity contribution in [1.82, 2.24) is 0 Å². The molecule has 0 fully saturated rings. The van der Waals surface area contributed by atoms with E-state index in [1.54, 1.807) is 0 Å². The Bertz CT molecular complexity index is 430. The maximum atomic E-state index is 11.7. The number of carbonyl (C=O) groups is 2. The van der Waals surface area contributed by atoms with Crippen LogP contribution in [0.1, 0.15) is 84.5 Å². The lowest BCUT2D eigenvalue weighted by Crippen LogP contribution is -2.33. The molecule has 0 radical (unpaired) electrons. The van der Waals surface area contributed by atoms with Crippen LogP contribution in [0.3, 0.4) is 0 Å². The second-order valence-corrected chi connectivity index (χ2v) is 7.54. The summed E-state index contributed by atoms with van der Waals surface area (Å²) in [6.45, 7) is 4.30. The molecule has 0 aliphatic heterocycles. The molecule has 0 bridgehead atoms. The Kier molecular flexibility index (Phi) is 10.5. The van der Waals surface area contributed by atoms with Crippen molar-refractivity contribution in [1.29, 1.82) is 0 Å². The van der Waals surface area contributed by atoms with Gasteiger partial charge in [0.2, 0.25) is 0 Å². The largest absolute Gasteiger partial charge is 0.481 e. The third kappa shape index (κ3) is 7.62. The monoisotopic (exact) mass is 352 g/mol. The molecule has 1 aliphatic carbocycles. The number of hydrogen-bond acceptors (Lipinski definition) is 2. The lowest BCUT2D eigenvalue weighted by atomic mass is 9.72. The Balaban J connectivity index is 2.67. The van der Waals surface area contributed by atoms with Gasteiger partial charge in [0.05, 0.1) is 11.8 Å². The normalized spacial score (nSPS) is 24.2. The van der Waals surface area contributed by atoms with E-state index in [-0.39, 0.29) is 11.8 Å². The van der Waals surface area contributed by atoms with Crippen LogP contribution in [0.25, 0.3) is 0 Å². The number of rotatable bonds is 13. The van der Waals surface area contributed by atoms with Crippen molar-refractivity contribution in [2.45, 2.75) is 84.5 Å². The van der Waals surface area contributed by atoms with Gasteiger partial charge in [-0.2, -0.15) is 0 Å². The van der Waals surface area contributed by atoms with Gasteiger partial charge < -0.3 is 10.2 Å². The van der Waals surface area contributed by atoms with E-state index in [0.717, 1.165) is 44.9 Å². The molecule has 144 valence electrons. The Labute approximate surface area is 152 Å². The first-order valence-electron chi connectivity index (χ1n) is 10.1. The van der Waals surface area contributed by atoms with Gasteiger partial charge in [-0.1, -0.05) is 77.4 Å². The van der Waals surface area contributed by atoms with Gasteiger partial charge in [0, 0.05) is 0 Å². The number of carboxylic acids is 2. The van der Waals surface area contributed by atoms with Crippen LogP contribution in [0.2, 0.25) is 0 Å². The molecule has 25 heavy (non-hydrogen) atoms. The maximum absolute atomic E-state index is 11.7. The van der Waals surface area contributed by atoms with Crippen LogP contribution in [0, 0.1) is 23.7 Å². The predicted octanol–water partition coefficient (Wildman–Crippen LogP) is 5.52. The topological polar surface area (TPSA) is 74.6 Å². The molecule has 4 unspecified atom stereocenters. The molecule has 0 aromatic heterocycles. The van der Waals surface area contributed by atoms with Crippen molar-refractivity contribution in [2.75, 3.05) is 0 Å². The SMILES string of the molecule is CCCCCCC1C=CC(C(CCCCCC)C(=O)O)CC1C(=O)O. The Morgan fingerprint density at radius 2 is 1.60 bits per heavy atom. The first-order valence-corrected chi connectivity index (χ1v) is 10.1. The van der Waals surface area contributed by atoms with E-state index in [0.29, 0.717) is 12.8 Å². The van der Waals surface area contributed by atoms with Crippen molar-refractivity contribution in [3.8, 4) is 0 Å². The van der Waals surface area contributed by atoms with E-state index >= 15 is 0 Å². The highest BCUT2D eigenvalue weighted by Crippen LogP contribution is 2.37. The molecule has 4 heteroatoms. The fourth-order valence-electron chi connectivity index (χ4n) is 3.96. The highest BCUT2D eigenvalue weighted by Gasteiger charge is 2.36. The number of hydrogen-bond donors (Lipinski definition) is 2. The molecular weight excluding hydrogens is 316 g/mol. The summed E-state index contributed by atoms with van der Waals surface area (Å²) in [7, 11) is 0. The molecule has 1 aliphatic rings. The first-order chi connectivity index (χ1) is 12.0. The summed E-state index contributed by atoms with van der Waals surface area (Å²) in [5.41, 5.74) is 0. The molecule has 4 nitrogen and oxygen atoms in total. The minimum absolute atomic E-state index is 0.0557. The van der Waals surface area contributed by atoms with E-state index in [2.05, 4.69) is 13.8 Å². The lowest BCUT2D eigenvalue weighted by molar-refractivity contribution is -0.148. The van der Waals surface area contributed by atoms with E-state index in [1.807, 2.05) is 12.2 Å². The van der Waals surface area contributed by atoms with E-state index < -0.39 is 23.8 Å². The van der Waals surface area contributed by atoms with Crippen molar-refractivity contribution >= 4 is 11.9 Å². The summed E-state index contributed by atoms with van der Waals surface area (Å²) in [6.07, 6.45) is 14.8. The summed E-state index contributed by atoms with van der Waals surface area (Å²) in [5, 5.41) is 19.2. The summed E-state index contributed by atoms with van der Waals surface area (Å²) in [5.74, 6) is -2.53. The molecule has 0 aromatic rings. The van der Waals surface area contributed by atoms with Gasteiger partial charge >= 0.3 is 11.9 Å². The zero-order valence-electron chi connectivity index (χ0n) is 16.0. The summed E-state index contributed by atoms with van der Waals surface area (Å²) in [6, 6.07) is 0. The van der Waals surface area contributed by atoms with Crippen LogP contribution in [0.5, 0.6) is 0 Å². The predicted molar refractivity (Wildman–Crippen MR) is 101 cm³/mol. The third-order valence-electron chi connectivity index (χ3n) is 5.56. The van der Waals surface area contributed by atoms with Crippen LogP contribution in [0.15, 0.2) is 12.2 Å². The Hall–Kier alpha value is -1.32. The van der Waals surface area contributed by atoms with Gasteiger partial charge in [0.15, 0.2) is 0 Å². The van der Waals surface area contributed by atoms with Gasteiger partial charge in [-0.15, -0.1) is 0 Å². The van der Waals surface area contributed by atoms with Gasteiger partial charge in [-0.05, 0) is 31.1 Å². The van der Waals surface area contributed by atoms with Gasteiger partial charge in [-0.3, -0.25) is 9.59 Å².